The molecule has 2 aliphatic carbocycles. The van der Waals surface area contributed by atoms with Crippen LogP contribution in [0.2, 0.25) is 0 Å². The summed E-state index contributed by atoms with van der Waals surface area (Å²) in [6, 6.07) is 5.74. The summed E-state index contributed by atoms with van der Waals surface area (Å²) in [6.07, 6.45) is 11.1. The first kappa shape index (κ1) is 16.4. The first-order valence-corrected chi connectivity index (χ1v) is 9.30. The normalized spacial score (nSPS) is 19.3. The molecule has 0 aliphatic heterocycles. The lowest BCUT2D eigenvalue weighted by molar-refractivity contribution is 0.0961. The first-order chi connectivity index (χ1) is 11.1. The second kappa shape index (κ2) is 7.42. The summed E-state index contributed by atoms with van der Waals surface area (Å²) in [5, 5.41) is 0. The fourth-order valence-corrected chi connectivity index (χ4v) is 4.29. The minimum absolute atomic E-state index is 0.218. The summed E-state index contributed by atoms with van der Waals surface area (Å²) in [4.78, 5) is 25.1. The number of benzene rings is 1. The van der Waals surface area contributed by atoms with Crippen LogP contribution in [0.3, 0.4) is 0 Å². The lowest BCUT2D eigenvalue weighted by Gasteiger charge is -2.11. The minimum Gasteiger partial charge on any atom is -0.294 e. The van der Waals surface area contributed by atoms with E-state index in [-0.39, 0.29) is 11.6 Å². The molecule has 3 rings (SSSR count). The van der Waals surface area contributed by atoms with Crippen molar-refractivity contribution in [2.75, 3.05) is 0 Å². The van der Waals surface area contributed by atoms with Crippen LogP contribution in [0.15, 0.2) is 18.2 Å². The molecule has 0 saturated heterocycles. The average Bonchev–Trinajstić information content (AvgIpc) is 3.20. The van der Waals surface area contributed by atoms with Crippen LogP contribution < -0.4 is 0 Å². The highest BCUT2D eigenvalue weighted by atomic mass is 16.1. The van der Waals surface area contributed by atoms with E-state index in [1.807, 2.05) is 25.1 Å². The van der Waals surface area contributed by atoms with Gasteiger partial charge in [-0.25, -0.2) is 0 Å². The highest BCUT2D eigenvalue weighted by Gasteiger charge is 2.22. The van der Waals surface area contributed by atoms with Gasteiger partial charge in [-0.3, -0.25) is 9.59 Å². The maximum atomic E-state index is 12.6. The largest absolute Gasteiger partial charge is 0.294 e. The molecule has 0 aromatic heterocycles. The van der Waals surface area contributed by atoms with Gasteiger partial charge in [0.2, 0.25) is 0 Å². The van der Waals surface area contributed by atoms with E-state index in [2.05, 4.69) is 0 Å². The molecule has 2 nitrogen and oxygen atoms in total. The summed E-state index contributed by atoms with van der Waals surface area (Å²) >= 11 is 0. The zero-order chi connectivity index (χ0) is 16.2. The molecule has 1 aromatic rings. The molecule has 2 aliphatic rings. The SMILES string of the molecule is Cc1cc(C(=O)CC2CCCC2)cc(C(=O)CC2CCCC2)c1. The maximum absolute atomic E-state index is 12.6. The maximum Gasteiger partial charge on any atom is 0.163 e. The Kier molecular flexibility index (Phi) is 5.30. The highest BCUT2D eigenvalue weighted by Crippen LogP contribution is 2.30. The Bertz CT molecular complexity index is 527. The Morgan fingerprint density at radius 3 is 1.57 bits per heavy atom. The number of rotatable bonds is 6. The molecule has 0 atom stereocenters. The summed E-state index contributed by atoms with van der Waals surface area (Å²) in [7, 11) is 0. The lowest BCUT2D eigenvalue weighted by Crippen LogP contribution is -2.10. The summed E-state index contributed by atoms with van der Waals surface area (Å²) in [6.45, 7) is 1.98. The summed E-state index contributed by atoms with van der Waals surface area (Å²) in [5.74, 6) is 1.55. The molecule has 23 heavy (non-hydrogen) atoms. The van der Waals surface area contributed by atoms with Crippen molar-refractivity contribution >= 4 is 11.6 Å². The molecule has 0 N–H and O–H groups in total. The number of carbonyl (C=O) groups excluding carboxylic acids is 2. The first-order valence-electron chi connectivity index (χ1n) is 9.30. The lowest BCUT2D eigenvalue weighted by atomic mass is 9.92. The molecular formula is C21H28O2. The van der Waals surface area contributed by atoms with E-state index >= 15 is 0 Å². The third-order valence-electron chi connectivity index (χ3n) is 5.62. The van der Waals surface area contributed by atoms with Crippen LogP contribution in [-0.4, -0.2) is 11.6 Å². The third-order valence-corrected chi connectivity index (χ3v) is 5.62. The van der Waals surface area contributed by atoms with Gasteiger partial charge in [0.1, 0.15) is 0 Å². The summed E-state index contributed by atoms with van der Waals surface area (Å²) in [5.41, 5.74) is 2.51. The number of aryl methyl sites for hydroxylation is 1. The van der Waals surface area contributed by atoms with Gasteiger partial charge in [-0.1, -0.05) is 51.4 Å². The molecular weight excluding hydrogens is 284 g/mol. The van der Waals surface area contributed by atoms with Gasteiger partial charge in [0.15, 0.2) is 11.6 Å². The van der Waals surface area contributed by atoms with Gasteiger partial charge in [0.25, 0.3) is 0 Å². The standard InChI is InChI=1S/C21H28O2/c1-15-10-18(20(22)12-16-6-2-3-7-16)14-19(11-15)21(23)13-17-8-4-5-9-17/h10-11,14,16-17H,2-9,12-13H2,1H3. The van der Waals surface area contributed by atoms with Crippen molar-refractivity contribution in [2.45, 2.75) is 71.1 Å². The van der Waals surface area contributed by atoms with Crippen molar-refractivity contribution in [1.82, 2.24) is 0 Å². The van der Waals surface area contributed by atoms with Gasteiger partial charge < -0.3 is 0 Å². The van der Waals surface area contributed by atoms with Crippen LogP contribution >= 0.6 is 0 Å². The van der Waals surface area contributed by atoms with Crippen molar-refractivity contribution in [2.24, 2.45) is 11.8 Å². The van der Waals surface area contributed by atoms with Crippen LogP contribution in [0.5, 0.6) is 0 Å². The van der Waals surface area contributed by atoms with E-state index in [0.29, 0.717) is 24.7 Å². The van der Waals surface area contributed by atoms with Crippen LogP contribution in [0.1, 0.15) is 90.5 Å². The molecule has 0 amide bonds. The Morgan fingerprint density at radius 1 is 0.783 bits per heavy atom. The van der Waals surface area contributed by atoms with Crippen LogP contribution in [0.4, 0.5) is 0 Å². The van der Waals surface area contributed by atoms with Gasteiger partial charge in [0.05, 0.1) is 0 Å². The number of Topliss-reactive ketones (excluding diaryl/α,β-unsaturated/α-hetero) is 2. The molecule has 0 bridgehead atoms. The Morgan fingerprint density at radius 2 is 1.17 bits per heavy atom. The molecule has 2 heteroatoms. The van der Waals surface area contributed by atoms with Crippen molar-refractivity contribution in [3.63, 3.8) is 0 Å². The van der Waals surface area contributed by atoms with Gasteiger partial charge in [0, 0.05) is 24.0 Å². The quantitative estimate of drug-likeness (QED) is 0.648. The van der Waals surface area contributed by atoms with Crippen molar-refractivity contribution in [3.05, 3.63) is 34.9 Å². The van der Waals surface area contributed by atoms with Crippen LogP contribution in [0.25, 0.3) is 0 Å². The van der Waals surface area contributed by atoms with Crippen molar-refractivity contribution < 1.29 is 9.59 Å². The Balaban J connectivity index is 1.69. The van der Waals surface area contributed by atoms with Crippen LogP contribution in [0, 0.1) is 18.8 Å². The monoisotopic (exact) mass is 312 g/mol. The fraction of sp³-hybridized carbons (Fsp3) is 0.619. The second-order valence-corrected chi connectivity index (χ2v) is 7.64. The molecule has 124 valence electrons. The smallest absolute Gasteiger partial charge is 0.163 e. The topological polar surface area (TPSA) is 34.1 Å². The molecule has 1 aromatic carbocycles. The van der Waals surface area contributed by atoms with Gasteiger partial charge in [-0.05, 0) is 42.5 Å². The second-order valence-electron chi connectivity index (χ2n) is 7.64. The van der Waals surface area contributed by atoms with E-state index < -0.39 is 0 Å². The van der Waals surface area contributed by atoms with Gasteiger partial charge in [-0.15, -0.1) is 0 Å². The third kappa shape index (κ3) is 4.31. The number of hydrogen-bond acceptors (Lipinski definition) is 2. The van der Waals surface area contributed by atoms with E-state index in [1.54, 1.807) is 0 Å². The Labute approximate surface area is 139 Å². The zero-order valence-corrected chi connectivity index (χ0v) is 14.3. The predicted molar refractivity (Wildman–Crippen MR) is 93.0 cm³/mol. The molecule has 2 fully saturated rings. The van der Waals surface area contributed by atoms with Crippen LogP contribution in [-0.2, 0) is 0 Å². The van der Waals surface area contributed by atoms with Gasteiger partial charge >= 0.3 is 0 Å². The number of hydrogen-bond donors (Lipinski definition) is 0. The van der Waals surface area contributed by atoms with Gasteiger partial charge in [-0.2, -0.15) is 0 Å². The fourth-order valence-electron chi connectivity index (χ4n) is 4.29. The van der Waals surface area contributed by atoms with E-state index in [4.69, 9.17) is 0 Å². The minimum atomic E-state index is 0.218. The van der Waals surface area contributed by atoms with E-state index in [9.17, 15) is 9.59 Å². The van der Waals surface area contributed by atoms with E-state index in [1.165, 1.54) is 51.4 Å². The summed E-state index contributed by atoms with van der Waals surface area (Å²) < 4.78 is 0. The highest BCUT2D eigenvalue weighted by molar-refractivity contribution is 6.01. The zero-order valence-electron chi connectivity index (χ0n) is 14.3. The average molecular weight is 312 g/mol. The van der Waals surface area contributed by atoms with Crippen molar-refractivity contribution in [1.29, 1.82) is 0 Å². The molecule has 0 spiro atoms. The number of carbonyl (C=O) groups is 2. The predicted octanol–water partition coefficient (Wildman–Crippen LogP) is 5.52. The molecule has 0 radical (unpaired) electrons. The molecule has 2 saturated carbocycles. The van der Waals surface area contributed by atoms with E-state index in [0.717, 1.165) is 16.7 Å². The Hall–Kier alpha value is -1.44. The number of ketones is 2. The van der Waals surface area contributed by atoms with Crippen molar-refractivity contribution in [3.8, 4) is 0 Å². The molecule has 0 unspecified atom stereocenters. The molecule has 0 heterocycles.